The molecule has 1 aromatic carbocycles. The SMILES string of the molecule is CCOC(=O)CCC(=O)N(C)C(C)c1nc2cc(Cl)ccc2c(=O)n1CC. The van der Waals surface area contributed by atoms with Gasteiger partial charge in [-0.2, -0.15) is 0 Å². The first-order chi connectivity index (χ1) is 12.8. The van der Waals surface area contributed by atoms with Crippen LogP contribution < -0.4 is 5.56 Å². The summed E-state index contributed by atoms with van der Waals surface area (Å²) in [5.74, 6) is -0.154. The number of ether oxygens (including phenoxy) is 1. The number of carbonyl (C=O) groups excluding carboxylic acids is 2. The topological polar surface area (TPSA) is 81.5 Å². The van der Waals surface area contributed by atoms with Crippen molar-refractivity contribution < 1.29 is 14.3 Å². The van der Waals surface area contributed by atoms with E-state index in [4.69, 9.17) is 16.3 Å². The first-order valence-electron chi connectivity index (χ1n) is 8.91. The van der Waals surface area contributed by atoms with Crippen LogP contribution in [-0.2, 0) is 20.9 Å². The van der Waals surface area contributed by atoms with E-state index in [1.165, 1.54) is 4.90 Å². The summed E-state index contributed by atoms with van der Waals surface area (Å²) in [4.78, 5) is 42.8. The standard InChI is InChI=1S/C19H24ClN3O4/c1-5-23-18(21-15-11-13(20)7-8-14(15)19(23)26)12(3)22(4)16(24)9-10-17(25)27-6-2/h7-8,11-12H,5-6,9-10H2,1-4H3. The van der Waals surface area contributed by atoms with Gasteiger partial charge in [-0.25, -0.2) is 4.98 Å². The Bertz CT molecular complexity index is 910. The lowest BCUT2D eigenvalue weighted by Gasteiger charge is -2.26. The van der Waals surface area contributed by atoms with Crippen molar-refractivity contribution in [1.82, 2.24) is 14.5 Å². The Balaban J connectivity index is 2.32. The fourth-order valence-electron chi connectivity index (χ4n) is 2.84. The number of fused-ring (bicyclic) bond motifs is 1. The van der Waals surface area contributed by atoms with Crippen molar-refractivity contribution in [3.63, 3.8) is 0 Å². The summed E-state index contributed by atoms with van der Waals surface area (Å²) in [5, 5.41) is 0.967. The van der Waals surface area contributed by atoms with Crippen LogP contribution in [0.15, 0.2) is 23.0 Å². The molecule has 0 N–H and O–H groups in total. The molecule has 1 aromatic heterocycles. The second-order valence-electron chi connectivity index (χ2n) is 6.17. The van der Waals surface area contributed by atoms with Crippen molar-refractivity contribution in [3.05, 3.63) is 39.4 Å². The van der Waals surface area contributed by atoms with Gasteiger partial charge in [-0.1, -0.05) is 11.6 Å². The molecular formula is C19H24ClN3O4. The number of nitrogens with zero attached hydrogens (tertiary/aromatic N) is 3. The van der Waals surface area contributed by atoms with E-state index in [9.17, 15) is 14.4 Å². The molecule has 0 aliphatic carbocycles. The molecule has 0 saturated heterocycles. The zero-order chi connectivity index (χ0) is 20.1. The molecule has 2 rings (SSSR count). The second-order valence-corrected chi connectivity index (χ2v) is 6.60. The lowest BCUT2D eigenvalue weighted by Crippen LogP contribution is -2.35. The van der Waals surface area contributed by atoms with E-state index >= 15 is 0 Å². The van der Waals surface area contributed by atoms with E-state index in [0.29, 0.717) is 28.3 Å². The van der Waals surface area contributed by atoms with Gasteiger partial charge in [0.2, 0.25) is 5.91 Å². The van der Waals surface area contributed by atoms with Crippen LogP contribution in [0.1, 0.15) is 45.5 Å². The first kappa shape index (κ1) is 20.9. The van der Waals surface area contributed by atoms with Crippen LogP contribution in [0, 0.1) is 0 Å². The number of benzene rings is 1. The minimum atomic E-state index is -0.448. The second kappa shape index (κ2) is 8.99. The van der Waals surface area contributed by atoms with Crippen LogP contribution in [-0.4, -0.2) is 40.0 Å². The molecular weight excluding hydrogens is 370 g/mol. The van der Waals surface area contributed by atoms with Crippen molar-refractivity contribution >= 4 is 34.4 Å². The van der Waals surface area contributed by atoms with Gasteiger partial charge in [-0.05, 0) is 39.0 Å². The molecule has 8 heteroatoms. The average molecular weight is 394 g/mol. The molecule has 1 amide bonds. The molecule has 0 spiro atoms. The summed E-state index contributed by atoms with van der Waals surface area (Å²) < 4.78 is 6.40. The number of amides is 1. The monoisotopic (exact) mass is 393 g/mol. The highest BCUT2D eigenvalue weighted by atomic mass is 35.5. The molecule has 0 saturated carbocycles. The van der Waals surface area contributed by atoms with Crippen LogP contribution in [0.3, 0.4) is 0 Å². The van der Waals surface area contributed by atoms with Gasteiger partial charge < -0.3 is 9.64 Å². The highest BCUT2D eigenvalue weighted by Gasteiger charge is 2.23. The Hall–Kier alpha value is -2.41. The van der Waals surface area contributed by atoms with Crippen LogP contribution in [0.25, 0.3) is 10.9 Å². The van der Waals surface area contributed by atoms with Crippen LogP contribution in [0.4, 0.5) is 0 Å². The normalized spacial score (nSPS) is 12.0. The summed E-state index contributed by atoms with van der Waals surface area (Å²) >= 11 is 6.03. The third-order valence-electron chi connectivity index (χ3n) is 4.46. The van der Waals surface area contributed by atoms with E-state index in [0.717, 1.165) is 0 Å². The number of hydrogen-bond donors (Lipinski definition) is 0. The van der Waals surface area contributed by atoms with Gasteiger partial charge >= 0.3 is 5.97 Å². The van der Waals surface area contributed by atoms with E-state index in [-0.39, 0.29) is 30.9 Å². The zero-order valence-corrected chi connectivity index (χ0v) is 16.7. The zero-order valence-electron chi connectivity index (χ0n) is 16.0. The van der Waals surface area contributed by atoms with Crippen molar-refractivity contribution in [2.24, 2.45) is 0 Å². The molecule has 0 radical (unpaired) electrons. The Morgan fingerprint density at radius 3 is 2.63 bits per heavy atom. The van der Waals surface area contributed by atoms with Gasteiger partial charge in [-0.3, -0.25) is 19.0 Å². The van der Waals surface area contributed by atoms with E-state index in [1.807, 2.05) is 6.92 Å². The predicted molar refractivity (Wildman–Crippen MR) is 104 cm³/mol. The van der Waals surface area contributed by atoms with Crippen LogP contribution in [0.2, 0.25) is 5.02 Å². The number of carbonyl (C=O) groups is 2. The van der Waals surface area contributed by atoms with Gasteiger partial charge in [0.05, 0.1) is 30.0 Å². The summed E-state index contributed by atoms with van der Waals surface area (Å²) in [6, 6.07) is 4.50. The predicted octanol–water partition coefficient (Wildman–Crippen LogP) is 2.93. The minimum Gasteiger partial charge on any atom is -0.466 e. The van der Waals surface area contributed by atoms with Crippen molar-refractivity contribution in [2.75, 3.05) is 13.7 Å². The Morgan fingerprint density at radius 1 is 1.30 bits per heavy atom. The average Bonchev–Trinajstić information content (AvgIpc) is 2.64. The van der Waals surface area contributed by atoms with Crippen LogP contribution >= 0.6 is 11.6 Å². The smallest absolute Gasteiger partial charge is 0.306 e. The quantitative estimate of drug-likeness (QED) is 0.675. The highest BCUT2D eigenvalue weighted by Crippen LogP contribution is 2.21. The molecule has 2 aromatic rings. The Labute approximate surface area is 162 Å². The molecule has 0 fully saturated rings. The van der Waals surface area contributed by atoms with Gasteiger partial charge in [0.1, 0.15) is 5.82 Å². The Morgan fingerprint density at radius 2 is 2.00 bits per heavy atom. The molecule has 0 bridgehead atoms. The lowest BCUT2D eigenvalue weighted by molar-refractivity contribution is -0.145. The highest BCUT2D eigenvalue weighted by molar-refractivity contribution is 6.31. The summed E-state index contributed by atoms with van der Waals surface area (Å²) in [6.45, 7) is 6.08. The van der Waals surface area contributed by atoms with Gasteiger partial charge in [-0.15, -0.1) is 0 Å². The maximum atomic E-state index is 12.8. The Kier molecular flexibility index (Phi) is 6.96. The van der Waals surface area contributed by atoms with Crippen molar-refractivity contribution in [3.8, 4) is 0 Å². The van der Waals surface area contributed by atoms with E-state index in [1.54, 1.807) is 43.7 Å². The maximum absolute atomic E-state index is 12.8. The molecule has 0 aliphatic heterocycles. The third-order valence-corrected chi connectivity index (χ3v) is 4.69. The molecule has 0 aliphatic rings. The molecule has 7 nitrogen and oxygen atoms in total. The van der Waals surface area contributed by atoms with Crippen molar-refractivity contribution in [2.45, 2.75) is 46.2 Å². The fraction of sp³-hybridized carbons (Fsp3) is 0.474. The number of rotatable bonds is 7. The molecule has 1 heterocycles. The number of hydrogen-bond acceptors (Lipinski definition) is 5. The fourth-order valence-corrected chi connectivity index (χ4v) is 3.01. The van der Waals surface area contributed by atoms with E-state index < -0.39 is 12.0 Å². The minimum absolute atomic E-state index is 0.0189. The van der Waals surface area contributed by atoms with Gasteiger partial charge in [0.25, 0.3) is 5.56 Å². The molecule has 146 valence electrons. The van der Waals surface area contributed by atoms with Gasteiger partial charge in [0.15, 0.2) is 0 Å². The number of halogens is 1. The maximum Gasteiger partial charge on any atom is 0.306 e. The molecule has 1 unspecified atom stereocenters. The van der Waals surface area contributed by atoms with Crippen molar-refractivity contribution in [1.29, 1.82) is 0 Å². The third kappa shape index (κ3) is 4.66. The van der Waals surface area contributed by atoms with Crippen LogP contribution in [0.5, 0.6) is 0 Å². The lowest BCUT2D eigenvalue weighted by atomic mass is 10.2. The number of aromatic nitrogens is 2. The molecule has 27 heavy (non-hydrogen) atoms. The summed E-state index contributed by atoms with van der Waals surface area (Å²) in [7, 11) is 1.63. The first-order valence-corrected chi connectivity index (χ1v) is 9.29. The molecule has 1 atom stereocenters. The number of esters is 1. The largest absolute Gasteiger partial charge is 0.466 e. The summed E-state index contributed by atoms with van der Waals surface area (Å²) in [6.07, 6.45) is 0.0561. The summed E-state index contributed by atoms with van der Waals surface area (Å²) in [5.41, 5.74) is 0.319. The van der Waals surface area contributed by atoms with Gasteiger partial charge in [0, 0.05) is 25.0 Å². The van der Waals surface area contributed by atoms with E-state index in [2.05, 4.69) is 4.98 Å².